The number of halogens is 1. The third-order valence-electron chi connectivity index (χ3n) is 5.26. The second kappa shape index (κ2) is 9.33. The molecule has 2 heterocycles. The zero-order valence-corrected chi connectivity index (χ0v) is 18.0. The maximum atomic E-state index is 13.8. The SMILES string of the molecule is Cc1ccc(-c2noc([C@@H](C)OC(=O)c3ccc(N4CCOCC4)c([N+](=O)[O-])c3)n2)cc1F. The van der Waals surface area contributed by atoms with Gasteiger partial charge in [0.1, 0.15) is 11.5 Å². The third kappa shape index (κ3) is 4.82. The lowest BCUT2D eigenvalue weighted by Gasteiger charge is -2.28. The first-order chi connectivity index (χ1) is 15.8. The number of nitro benzene ring substituents is 1. The van der Waals surface area contributed by atoms with Crippen molar-refractivity contribution in [3.05, 3.63) is 69.3 Å². The van der Waals surface area contributed by atoms with Crippen molar-refractivity contribution in [2.24, 2.45) is 0 Å². The number of benzene rings is 2. The van der Waals surface area contributed by atoms with Crippen LogP contribution < -0.4 is 4.90 Å². The number of aryl methyl sites for hydroxylation is 1. The van der Waals surface area contributed by atoms with Crippen LogP contribution in [0.25, 0.3) is 11.4 Å². The number of carbonyl (C=O) groups excluding carboxylic acids is 1. The van der Waals surface area contributed by atoms with Crippen LogP contribution in [0.2, 0.25) is 0 Å². The lowest BCUT2D eigenvalue weighted by Crippen LogP contribution is -2.36. The predicted octanol–water partition coefficient (Wildman–Crippen LogP) is 3.85. The van der Waals surface area contributed by atoms with Crippen molar-refractivity contribution >= 4 is 17.3 Å². The topological polar surface area (TPSA) is 121 Å². The molecule has 1 aromatic heterocycles. The van der Waals surface area contributed by atoms with Crippen LogP contribution in [0.3, 0.4) is 0 Å². The second-order valence-corrected chi connectivity index (χ2v) is 7.53. The fraction of sp³-hybridized carbons (Fsp3) is 0.318. The molecule has 172 valence electrons. The molecule has 3 aromatic rings. The minimum atomic E-state index is -0.924. The first-order valence-corrected chi connectivity index (χ1v) is 10.3. The number of aromatic nitrogens is 2. The van der Waals surface area contributed by atoms with Crippen molar-refractivity contribution in [3.8, 4) is 11.4 Å². The highest BCUT2D eigenvalue weighted by Crippen LogP contribution is 2.31. The van der Waals surface area contributed by atoms with E-state index >= 15 is 0 Å². The molecule has 1 aliphatic heterocycles. The van der Waals surface area contributed by atoms with Gasteiger partial charge in [0.2, 0.25) is 5.82 Å². The van der Waals surface area contributed by atoms with Crippen LogP contribution in [0, 0.1) is 22.9 Å². The molecule has 0 bridgehead atoms. The summed E-state index contributed by atoms with van der Waals surface area (Å²) in [6.07, 6.45) is -0.924. The molecule has 0 amide bonds. The van der Waals surface area contributed by atoms with Crippen molar-refractivity contribution in [1.29, 1.82) is 0 Å². The largest absolute Gasteiger partial charge is 0.449 e. The summed E-state index contributed by atoms with van der Waals surface area (Å²) in [5.41, 5.74) is 1.14. The summed E-state index contributed by atoms with van der Waals surface area (Å²) in [5.74, 6) is -1.02. The molecule has 1 atom stereocenters. The number of ether oxygens (including phenoxy) is 2. The summed E-state index contributed by atoms with van der Waals surface area (Å²) >= 11 is 0. The van der Waals surface area contributed by atoms with Crippen LogP contribution >= 0.6 is 0 Å². The monoisotopic (exact) mass is 456 g/mol. The molecular formula is C22H21FN4O6. The first kappa shape index (κ1) is 22.3. The molecule has 1 fully saturated rings. The van der Waals surface area contributed by atoms with Crippen molar-refractivity contribution in [1.82, 2.24) is 10.1 Å². The molecule has 1 saturated heterocycles. The Morgan fingerprint density at radius 2 is 2.00 bits per heavy atom. The van der Waals surface area contributed by atoms with E-state index in [-0.39, 0.29) is 23.0 Å². The van der Waals surface area contributed by atoms with Crippen molar-refractivity contribution in [3.63, 3.8) is 0 Å². The van der Waals surface area contributed by atoms with Gasteiger partial charge in [-0.05, 0) is 37.6 Å². The zero-order chi connectivity index (χ0) is 23.5. The Bertz CT molecular complexity index is 1190. The molecule has 10 nitrogen and oxygen atoms in total. The molecule has 2 aromatic carbocycles. The number of carbonyl (C=O) groups is 1. The summed E-state index contributed by atoms with van der Waals surface area (Å²) in [6.45, 7) is 5.15. The van der Waals surface area contributed by atoms with Crippen LogP contribution in [0.5, 0.6) is 0 Å². The number of esters is 1. The summed E-state index contributed by atoms with van der Waals surface area (Å²) in [6, 6.07) is 8.73. The van der Waals surface area contributed by atoms with Gasteiger partial charge < -0.3 is 18.9 Å². The smallest absolute Gasteiger partial charge is 0.339 e. The summed E-state index contributed by atoms with van der Waals surface area (Å²) in [4.78, 5) is 29.7. The maximum absolute atomic E-state index is 13.8. The highest BCUT2D eigenvalue weighted by molar-refractivity contribution is 5.91. The molecular weight excluding hydrogens is 435 g/mol. The van der Waals surface area contributed by atoms with Crippen LogP contribution in [0.1, 0.15) is 34.8 Å². The van der Waals surface area contributed by atoms with E-state index in [9.17, 15) is 19.3 Å². The molecule has 11 heteroatoms. The maximum Gasteiger partial charge on any atom is 0.339 e. The standard InChI is InChI=1S/C22H21FN4O6/c1-13-3-4-15(11-17(13)23)20-24-21(33-25-20)14(2)32-22(28)16-5-6-18(19(12-16)27(29)30)26-7-9-31-10-8-26/h3-6,11-12,14H,7-10H2,1-2H3/t14-/m1/s1. The van der Waals surface area contributed by atoms with E-state index in [1.807, 2.05) is 4.90 Å². The number of hydrogen-bond donors (Lipinski definition) is 0. The molecule has 0 radical (unpaired) electrons. The fourth-order valence-corrected chi connectivity index (χ4v) is 3.40. The first-order valence-electron chi connectivity index (χ1n) is 10.3. The number of hydrogen-bond acceptors (Lipinski definition) is 9. The molecule has 4 rings (SSSR count). The van der Waals surface area contributed by atoms with Gasteiger partial charge in [0.05, 0.1) is 23.7 Å². The van der Waals surface area contributed by atoms with Gasteiger partial charge in [-0.2, -0.15) is 4.98 Å². The molecule has 0 aliphatic carbocycles. The highest BCUT2D eigenvalue weighted by Gasteiger charge is 2.26. The minimum absolute atomic E-state index is 0.0127. The van der Waals surface area contributed by atoms with Gasteiger partial charge in [-0.15, -0.1) is 0 Å². The lowest BCUT2D eigenvalue weighted by atomic mass is 10.1. The number of morpholine rings is 1. The van der Waals surface area contributed by atoms with Crippen LogP contribution in [-0.4, -0.2) is 47.3 Å². The van der Waals surface area contributed by atoms with E-state index in [2.05, 4.69) is 10.1 Å². The van der Waals surface area contributed by atoms with Gasteiger partial charge in [-0.25, -0.2) is 9.18 Å². The molecule has 0 unspecified atom stereocenters. The number of anilines is 1. The van der Waals surface area contributed by atoms with Crippen molar-refractivity contribution in [2.75, 3.05) is 31.2 Å². The van der Waals surface area contributed by atoms with Crippen molar-refractivity contribution in [2.45, 2.75) is 20.0 Å². The van der Waals surface area contributed by atoms with Crippen LogP contribution in [0.4, 0.5) is 15.8 Å². The summed E-state index contributed by atoms with van der Waals surface area (Å²) in [5, 5.41) is 15.4. The van der Waals surface area contributed by atoms with Gasteiger partial charge in [0, 0.05) is 24.7 Å². The molecule has 0 spiro atoms. The Hall–Kier alpha value is -3.86. The Balaban J connectivity index is 1.50. The lowest BCUT2D eigenvalue weighted by molar-refractivity contribution is -0.384. The normalized spacial score (nSPS) is 14.7. The van der Waals surface area contributed by atoms with Crippen molar-refractivity contribution < 1.29 is 28.1 Å². The van der Waals surface area contributed by atoms with Gasteiger partial charge in [0.15, 0.2) is 6.10 Å². The Morgan fingerprint density at radius 3 is 2.70 bits per heavy atom. The molecule has 0 N–H and O–H groups in total. The second-order valence-electron chi connectivity index (χ2n) is 7.53. The molecule has 0 saturated carbocycles. The highest BCUT2D eigenvalue weighted by atomic mass is 19.1. The Kier molecular flexibility index (Phi) is 6.31. The molecule has 1 aliphatic rings. The van der Waals surface area contributed by atoms with Gasteiger partial charge >= 0.3 is 5.97 Å². The molecule has 33 heavy (non-hydrogen) atoms. The van der Waals surface area contributed by atoms with E-state index in [4.69, 9.17) is 14.0 Å². The Morgan fingerprint density at radius 1 is 1.24 bits per heavy atom. The Labute approximate surface area is 188 Å². The van der Waals surface area contributed by atoms with Crippen LogP contribution in [0.15, 0.2) is 40.9 Å². The van der Waals surface area contributed by atoms with Crippen LogP contribution in [-0.2, 0) is 9.47 Å². The number of rotatable bonds is 6. The van der Waals surface area contributed by atoms with E-state index in [1.54, 1.807) is 19.1 Å². The quantitative estimate of drug-likeness (QED) is 0.309. The van der Waals surface area contributed by atoms with E-state index in [0.717, 1.165) is 0 Å². The van der Waals surface area contributed by atoms with Gasteiger partial charge in [-0.1, -0.05) is 17.3 Å². The minimum Gasteiger partial charge on any atom is -0.449 e. The average molecular weight is 456 g/mol. The number of nitrogens with zero attached hydrogens (tertiary/aromatic N) is 4. The summed E-state index contributed by atoms with van der Waals surface area (Å²) in [7, 11) is 0. The zero-order valence-electron chi connectivity index (χ0n) is 18.0. The van der Waals surface area contributed by atoms with E-state index in [1.165, 1.54) is 31.2 Å². The average Bonchev–Trinajstić information content (AvgIpc) is 3.31. The predicted molar refractivity (Wildman–Crippen MR) is 114 cm³/mol. The number of nitro groups is 1. The fourth-order valence-electron chi connectivity index (χ4n) is 3.40. The van der Waals surface area contributed by atoms with Gasteiger partial charge in [0.25, 0.3) is 11.6 Å². The third-order valence-corrected chi connectivity index (χ3v) is 5.26. The van der Waals surface area contributed by atoms with E-state index < -0.39 is 22.8 Å². The summed E-state index contributed by atoms with van der Waals surface area (Å²) < 4.78 is 29.6. The van der Waals surface area contributed by atoms with Gasteiger partial charge in [-0.3, -0.25) is 10.1 Å². The van der Waals surface area contributed by atoms with E-state index in [0.29, 0.717) is 43.1 Å².